The molecule has 29 heavy (non-hydrogen) atoms. The lowest BCUT2D eigenvalue weighted by atomic mass is 9.96. The Labute approximate surface area is 183 Å². The maximum Gasteiger partial charge on any atom is 0.254 e. The van der Waals surface area contributed by atoms with E-state index in [-0.39, 0.29) is 24.1 Å². The van der Waals surface area contributed by atoms with Crippen LogP contribution in [0.25, 0.3) is 0 Å². The lowest BCUT2D eigenvalue weighted by Crippen LogP contribution is -2.45. The van der Waals surface area contributed by atoms with Crippen LogP contribution in [-0.2, 0) is 0 Å². The lowest BCUT2D eigenvalue weighted by molar-refractivity contribution is 0.0701. The number of likely N-dealkylation sites (tertiary alicyclic amines) is 1. The van der Waals surface area contributed by atoms with E-state index in [0.717, 1.165) is 38.4 Å². The van der Waals surface area contributed by atoms with Gasteiger partial charge >= 0.3 is 0 Å². The summed E-state index contributed by atoms with van der Waals surface area (Å²) in [7, 11) is 0. The van der Waals surface area contributed by atoms with E-state index in [1.54, 1.807) is 42.5 Å². The molecule has 2 aromatic carbocycles. The number of carbonyl (C=O) groups excluding carboxylic acids is 2. The van der Waals surface area contributed by atoms with Gasteiger partial charge in [-0.15, -0.1) is 12.4 Å². The first-order chi connectivity index (χ1) is 13.6. The molecule has 2 aliphatic rings. The van der Waals surface area contributed by atoms with Crippen molar-refractivity contribution in [1.82, 2.24) is 10.2 Å². The minimum atomic E-state index is -0.151. The van der Waals surface area contributed by atoms with Crippen molar-refractivity contribution >= 4 is 35.7 Å². The van der Waals surface area contributed by atoms with Crippen LogP contribution in [-0.4, -0.2) is 42.3 Å². The Hall–Kier alpha value is -1.88. The van der Waals surface area contributed by atoms with E-state index in [9.17, 15) is 9.59 Å². The first-order valence-corrected chi connectivity index (χ1v) is 10.4. The van der Waals surface area contributed by atoms with Gasteiger partial charge in [0.25, 0.3) is 5.91 Å². The van der Waals surface area contributed by atoms with Gasteiger partial charge in [-0.25, -0.2) is 0 Å². The van der Waals surface area contributed by atoms with Gasteiger partial charge in [-0.2, -0.15) is 0 Å². The molecule has 4 nitrogen and oxygen atoms in total. The van der Waals surface area contributed by atoms with E-state index in [0.29, 0.717) is 27.8 Å². The number of benzene rings is 2. The van der Waals surface area contributed by atoms with E-state index in [1.165, 1.54) is 12.8 Å². The molecule has 2 fully saturated rings. The minimum Gasteiger partial charge on any atom is -0.339 e. The molecule has 1 N–H and O–H groups in total. The van der Waals surface area contributed by atoms with Crippen molar-refractivity contribution in [2.45, 2.75) is 31.7 Å². The maximum atomic E-state index is 13.1. The molecule has 0 spiro atoms. The quantitative estimate of drug-likeness (QED) is 0.678. The molecular formula is C23H26Cl2N2O2. The fraction of sp³-hybridized carbons (Fsp3) is 0.391. The molecule has 1 saturated carbocycles. The summed E-state index contributed by atoms with van der Waals surface area (Å²) < 4.78 is 0. The molecule has 6 heteroatoms. The molecule has 0 aromatic heterocycles. The van der Waals surface area contributed by atoms with Crippen molar-refractivity contribution < 1.29 is 9.59 Å². The van der Waals surface area contributed by atoms with E-state index < -0.39 is 0 Å². The first-order valence-electron chi connectivity index (χ1n) is 10.0. The van der Waals surface area contributed by atoms with Gasteiger partial charge < -0.3 is 10.2 Å². The maximum absolute atomic E-state index is 13.1. The van der Waals surface area contributed by atoms with Gasteiger partial charge in [0.1, 0.15) is 0 Å². The number of halogens is 2. The fourth-order valence-corrected chi connectivity index (χ4v) is 3.86. The largest absolute Gasteiger partial charge is 0.339 e. The number of rotatable bonds is 6. The Morgan fingerprint density at radius 3 is 2.17 bits per heavy atom. The predicted molar refractivity (Wildman–Crippen MR) is 118 cm³/mol. The number of nitrogens with zero attached hydrogens (tertiary/aromatic N) is 1. The molecule has 1 amide bonds. The van der Waals surface area contributed by atoms with Crippen molar-refractivity contribution in [3.05, 3.63) is 70.2 Å². The summed E-state index contributed by atoms with van der Waals surface area (Å²) in [5.41, 5.74) is 1.46. The van der Waals surface area contributed by atoms with E-state index in [2.05, 4.69) is 5.32 Å². The summed E-state index contributed by atoms with van der Waals surface area (Å²) in [6.45, 7) is 2.56. The van der Waals surface area contributed by atoms with Crippen LogP contribution >= 0.6 is 24.0 Å². The normalized spacial score (nSPS) is 16.9. The summed E-state index contributed by atoms with van der Waals surface area (Å²) in [6.07, 6.45) is 4.63. The third kappa shape index (κ3) is 5.39. The van der Waals surface area contributed by atoms with Crippen LogP contribution in [0.1, 0.15) is 52.0 Å². The van der Waals surface area contributed by atoms with Crippen LogP contribution in [0.4, 0.5) is 0 Å². The second kappa shape index (κ2) is 9.75. The summed E-state index contributed by atoms with van der Waals surface area (Å²) in [4.78, 5) is 28.0. The first kappa shape index (κ1) is 21.8. The monoisotopic (exact) mass is 432 g/mol. The van der Waals surface area contributed by atoms with Crippen LogP contribution in [0.3, 0.4) is 0 Å². The second-order valence-corrected chi connectivity index (χ2v) is 8.24. The zero-order chi connectivity index (χ0) is 19.5. The van der Waals surface area contributed by atoms with Crippen molar-refractivity contribution in [2.75, 3.05) is 19.6 Å². The highest BCUT2D eigenvalue weighted by molar-refractivity contribution is 6.30. The minimum absolute atomic E-state index is 0. The van der Waals surface area contributed by atoms with Crippen LogP contribution in [0.2, 0.25) is 5.02 Å². The number of hydrogen-bond acceptors (Lipinski definition) is 3. The molecule has 4 rings (SSSR count). The summed E-state index contributed by atoms with van der Waals surface area (Å²) in [5.74, 6) is 0.658. The molecule has 2 aromatic rings. The highest BCUT2D eigenvalue weighted by Crippen LogP contribution is 2.28. The smallest absolute Gasteiger partial charge is 0.254 e. The van der Waals surface area contributed by atoms with Gasteiger partial charge in [0.15, 0.2) is 5.78 Å². The molecule has 1 saturated heterocycles. The number of hydrogen-bond donors (Lipinski definition) is 1. The molecular weight excluding hydrogens is 407 g/mol. The van der Waals surface area contributed by atoms with Gasteiger partial charge in [-0.3, -0.25) is 9.59 Å². The van der Waals surface area contributed by atoms with Crippen molar-refractivity contribution in [1.29, 1.82) is 0 Å². The van der Waals surface area contributed by atoms with Crippen molar-refractivity contribution in [3.63, 3.8) is 0 Å². The second-order valence-electron chi connectivity index (χ2n) is 7.80. The molecule has 1 aliphatic carbocycles. The Kier molecular flexibility index (Phi) is 7.33. The third-order valence-electron chi connectivity index (χ3n) is 5.68. The Bertz CT molecular complexity index is 857. The molecule has 0 unspecified atom stereocenters. The molecule has 1 aliphatic heterocycles. The summed E-state index contributed by atoms with van der Waals surface area (Å²) in [5, 5.41) is 4.22. The molecule has 0 bridgehead atoms. The Morgan fingerprint density at radius 1 is 0.931 bits per heavy atom. The highest BCUT2D eigenvalue weighted by Gasteiger charge is 2.28. The third-order valence-corrected chi connectivity index (χ3v) is 5.93. The van der Waals surface area contributed by atoms with Crippen molar-refractivity contribution in [2.24, 2.45) is 5.92 Å². The average Bonchev–Trinajstić information content (AvgIpc) is 3.57. The van der Waals surface area contributed by atoms with Crippen LogP contribution in [0, 0.1) is 5.92 Å². The van der Waals surface area contributed by atoms with Crippen molar-refractivity contribution in [3.8, 4) is 0 Å². The SMILES string of the molecule is Cl.O=C(c1ccc(Cl)cc1)c1ccccc1C(=O)N1CCC(NCC2CC2)CC1. The van der Waals surface area contributed by atoms with Crippen LogP contribution in [0.5, 0.6) is 0 Å². The summed E-state index contributed by atoms with van der Waals surface area (Å²) >= 11 is 5.92. The van der Waals surface area contributed by atoms with Gasteiger partial charge in [0.05, 0.1) is 5.56 Å². The number of amides is 1. The number of carbonyl (C=O) groups is 2. The molecule has 154 valence electrons. The van der Waals surface area contributed by atoms with E-state index >= 15 is 0 Å². The molecule has 1 heterocycles. The summed E-state index contributed by atoms with van der Waals surface area (Å²) in [6, 6.07) is 14.4. The lowest BCUT2D eigenvalue weighted by Gasteiger charge is -2.33. The standard InChI is InChI=1S/C23H25ClN2O2.ClH/c24-18-9-7-17(8-10-18)22(27)20-3-1-2-4-21(20)23(28)26-13-11-19(12-14-26)25-15-16-5-6-16;/h1-4,7-10,16,19,25H,5-6,11-15H2;1H. The van der Waals surface area contributed by atoms with Gasteiger partial charge in [-0.1, -0.05) is 29.8 Å². The van der Waals surface area contributed by atoms with Gasteiger partial charge in [0.2, 0.25) is 0 Å². The average molecular weight is 433 g/mol. The fourth-order valence-electron chi connectivity index (χ4n) is 3.74. The predicted octanol–water partition coefficient (Wildman–Crippen LogP) is 4.60. The Balaban J connectivity index is 0.00000240. The molecule has 0 atom stereocenters. The highest BCUT2D eigenvalue weighted by atomic mass is 35.5. The molecule has 0 radical (unpaired) electrons. The topological polar surface area (TPSA) is 49.4 Å². The number of nitrogens with one attached hydrogen (secondary N) is 1. The van der Waals surface area contributed by atoms with Gasteiger partial charge in [-0.05, 0) is 68.5 Å². The Morgan fingerprint density at radius 2 is 1.55 bits per heavy atom. The van der Waals surface area contributed by atoms with E-state index in [1.807, 2.05) is 11.0 Å². The zero-order valence-corrected chi connectivity index (χ0v) is 17.8. The number of ketones is 1. The number of piperidine rings is 1. The van der Waals surface area contributed by atoms with Gasteiger partial charge in [0, 0.05) is 35.3 Å². The zero-order valence-electron chi connectivity index (χ0n) is 16.3. The van der Waals surface area contributed by atoms with Crippen LogP contribution < -0.4 is 5.32 Å². The van der Waals surface area contributed by atoms with E-state index in [4.69, 9.17) is 11.6 Å². The van der Waals surface area contributed by atoms with Crippen LogP contribution in [0.15, 0.2) is 48.5 Å².